The lowest BCUT2D eigenvalue weighted by Gasteiger charge is -2.24. The SMILES string of the molecule is Cl.N#CC[C@@H]1NCCc2ccccc21. The molecule has 1 N–H and O–H groups in total. The minimum atomic E-state index is 0. The number of nitriles is 1. The van der Waals surface area contributed by atoms with Gasteiger partial charge in [0.2, 0.25) is 0 Å². The van der Waals surface area contributed by atoms with Crippen LogP contribution >= 0.6 is 12.4 Å². The van der Waals surface area contributed by atoms with Crippen molar-refractivity contribution >= 4 is 12.4 Å². The summed E-state index contributed by atoms with van der Waals surface area (Å²) in [4.78, 5) is 0. The van der Waals surface area contributed by atoms with Gasteiger partial charge in [-0.3, -0.25) is 0 Å². The Morgan fingerprint density at radius 2 is 2.21 bits per heavy atom. The Morgan fingerprint density at radius 3 is 3.00 bits per heavy atom. The van der Waals surface area contributed by atoms with Crippen molar-refractivity contribution in [2.75, 3.05) is 6.54 Å². The van der Waals surface area contributed by atoms with Crippen molar-refractivity contribution in [3.63, 3.8) is 0 Å². The third-order valence-electron chi connectivity index (χ3n) is 2.51. The zero-order valence-corrected chi connectivity index (χ0v) is 8.68. The van der Waals surface area contributed by atoms with E-state index in [1.165, 1.54) is 11.1 Å². The first kappa shape index (κ1) is 11.0. The highest BCUT2D eigenvalue weighted by Gasteiger charge is 2.17. The van der Waals surface area contributed by atoms with Crippen LogP contribution in [0.15, 0.2) is 24.3 Å². The van der Waals surface area contributed by atoms with Gasteiger partial charge in [-0.2, -0.15) is 5.26 Å². The van der Waals surface area contributed by atoms with Gasteiger partial charge in [0.1, 0.15) is 0 Å². The summed E-state index contributed by atoms with van der Waals surface area (Å²) in [6, 6.07) is 10.8. The minimum Gasteiger partial charge on any atom is -0.309 e. The quantitative estimate of drug-likeness (QED) is 0.768. The van der Waals surface area contributed by atoms with E-state index in [0.29, 0.717) is 6.42 Å². The predicted molar refractivity (Wildman–Crippen MR) is 58.4 cm³/mol. The summed E-state index contributed by atoms with van der Waals surface area (Å²) in [5.41, 5.74) is 2.69. The van der Waals surface area contributed by atoms with Crippen molar-refractivity contribution in [1.29, 1.82) is 5.26 Å². The van der Waals surface area contributed by atoms with E-state index in [1.807, 2.05) is 6.07 Å². The molecular weight excluding hydrogens is 196 g/mol. The molecule has 3 heteroatoms. The van der Waals surface area contributed by atoms with Crippen LogP contribution in [0.25, 0.3) is 0 Å². The first-order valence-corrected chi connectivity index (χ1v) is 4.60. The Hall–Kier alpha value is -1.04. The molecule has 0 aliphatic carbocycles. The van der Waals surface area contributed by atoms with Crippen molar-refractivity contribution in [3.05, 3.63) is 35.4 Å². The number of nitrogens with one attached hydrogen (secondary N) is 1. The molecule has 1 aliphatic heterocycles. The van der Waals surface area contributed by atoms with Gasteiger partial charge < -0.3 is 5.32 Å². The normalized spacial score (nSPS) is 18.9. The van der Waals surface area contributed by atoms with Gasteiger partial charge in [-0.1, -0.05) is 24.3 Å². The molecule has 0 saturated heterocycles. The molecule has 2 rings (SSSR count). The van der Waals surface area contributed by atoms with Crippen molar-refractivity contribution in [2.24, 2.45) is 0 Å². The molecule has 0 spiro atoms. The van der Waals surface area contributed by atoms with E-state index in [9.17, 15) is 0 Å². The summed E-state index contributed by atoms with van der Waals surface area (Å²) in [7, 11) is 0. The zero-order valence-electron chi connectivity index (χ0n) is 7.86. The number of benzene rings is 1. The van der Waals surface area contributed by atoms with E-state index in [4.69, 9.17) is 5.26 Å². The maximum absolute atomic E-state index is 8.65. The molecule has 1 aliphatic rings. The fraction of sp³-hybridized carbons (Fsp3) is 0.364. The molecule has 1 heterocycles. The maximum Gasteiger partial charge on any atom is 0.0641 e. The summed E-state index contributed by atoms with van der Waals surface area (Å²) < 4.78 is 0. The van der Waals surface area contributed by atoms with Gasteiger partial charge in [-0.15, -0.1) is 12.4 Å². The van der Waals surface area contributed by atoms with E-state index in [0.717, 1.165) is 13.0 Å². The van der Waals surface area contributed by atoms with Crippen LogP contribution < -0.4 is 5.32 Å². The molecule has 14 heavy (non-hydrogen) atoms. The Balaban J connectivity index is 0.000000980. The van der Waals surface area contributed by atoms with Crippen molar-refractivity contribution in [1.82, 2.24) is 5.32 Å². The predicted octanol–water partition coefficient (Wildman–Crippen LogP) is 2.21. The van der Waals surface area contributed by atoms with Gasteiger partial charge in [-0.05, 0) is 24.1 Å². The van der Waals surface area contributed by atoms with E-state index in [-0.39, 0.29) is 18.4 Å². The average molecular weight is 209 g/mol. The number of hydrogen-bond donors (Lipinski definition) is 1. The van der Waals surface area contributed by atoms with E-state index >= 15 is 0 Å². The third kappa shape index (κ3) is 2.06. The van der Waals surface area contributed by atoms with E-state index in [2.05, 4.69) is 29.6 Å². The van der Waals surface area contributed by atoms with Crippen molar-refractivity contribution in [3.8, 4) is 6.07 Å². The highest BCUT2D eigenvalue weighted by atomic mass is 35.5. The Labute approximate surface area is 90.3 Å². The van der Waals surface area contributed by atoms with Crippen LogP contribution in [-0.4, -0.2) is 6.54 Å². The molecule has 74 valence electrons. The molecule has 0 bridgehead atoms. The molecule has 0 unspecified atom stereocenters. The molecule has 1 aromatic rings. The molecule has 0 saturated carbocycles. The fourth-order valence-corrected chi connectivity index (χ4v) is 1.87. The summed E-state index contributed by atoms with van der Waals surface area (Å²) in [6.45, 7) is 0.989. The Kier molecular flexibility index (Phi) is 3.94. The molecule has 0 radical (unpaired) electrons. The second kappa shape index (κ2) is 4.99. The molecule has 1 aromatic carbocycles. The monoisotopic (exact) mass is 208 g/mol. The van der Waals surface area contributed by atoms with Crippen LogP contribution in [0.4, 0.5) is 0 Å². The van der Waals surface area contributed by atoms with Crippen LogP contribution in [0.3, 0.4) is 0 Å². The standard InChI is InChI=1S/C11H12N2.ClH/c12-7-5-11-10-4-2-1-3-9(10)6-8-13-11;/h1-4,11,13H,5-6,8H2;1H/t11-;/m0./s1. The lowest BCUT2D eigenvalue weighted by molar-refractivity contribution is 0.513. The van der Waals surface area contributed by atoms with E-state index in [1.54, 1.807) is 0 Å². The first-order chi connectivity index (χ1) is 6.42. The van der Waals surface area contributed by atoms with Crippen molar-refractivity contribution in [2.45, 2.75) is 18.9 Å². The topological polar surface area (TPSA) is 35.8 Å². The highest BCUT2D eigenvalue weighted by Crippen LogP contribution is 2.24. The zero-order chi connectivity index (χ0) is 9.10. The second-order valence-corrected chi connectivity index (χ2v) is 3.32. The minimum absolute atomic E-state index is 0. The lowest BCUT2D eigenvalue weighted by atomic mass is 9.93. The summed E-state index contributed by atoms with van der Waals surface area (Å²) in [5, 5.41) is 12.0. The molecular formula is C11H13ClN2. The summed E-state index contributed by atoms with van der Waals surface area (Å²) >= 11 is 0. The lowest BCUT2D eigenvalue weighted by Crippen LogP contribution is -2.29. The molecule has 0 amide bonds. The van der Waals surface area contributed by atoms with Gasteiger partial charge in [0.25, 0.3) is 0 Å². The van der Waals surface area contributed by atoms with Crippen molar-refractivity contribution < 1.29 is 0 Å². The molecule has 2 nitrogen and oxygen atoms in total. The van der Waals surface area contributed by atoms with Crippen LogP contribution in [0, 0.1) is 11.3 Å². The molecule has 1 atom stereocenters. The van der Waals surface area contributed by atoms with Gasteiger partial charge in [0, 0.05) is 6.04 Å². The first-order valence-electron chi connectivity index (χ1n) is 4.60. The summed E-state index contributed by atoms with van der Waals surface area (Å²) in [6.07, 6.45) is 1.65. The summed E-state index contributed by atoms with van der Waals surface area (Å²) in [5.74, 6) is 0. The van der Waals surface area contributed by atoms with Gasteiger partial charge >= 0.3 is 0 Å². The Bertz CT molecular complexity index is 343. The number of nitrogens with zero attached hydrogens (tertiary/aromatic N) is 1. The van der Waals surface area contributed by atoms with Crippen LogP contribution in [0.1, 0.15) is 23.6 Å². The van der Waals surface area contributed by atoms with Crippen LogP contribution in [0.2, 0.25) is 0 Å². The average Bonchev–Trinajstić information content (AvgIpc) is 2.19. The second-order valence-electron chi connectivity index (χ2n) is 3.32. The van der Waals surface area contributed by atoms with Gasteiger partial charge in [0.05, 0.1) is 12.5 Å². The third-order valence-corrected chi connectivity index (χ3v) is 2.51. The maximum atomic E-state index is 8.65. The number of hydrogen-bond acceptors (Lipinski definition) is 2. The molecule has 0 fully saturated rings. The smallest absolute Gasteiger partial charge is 0.0641 e. The Morgan fingerprint density at radius 1 is 1.43 bits per heavy atom. The number of halogens is 1. The largest absolute Gasteiger partial charge is 0.309 e. The molecule has 0 aromatic heterocycles. The van der Waals surface area contributed by atoms with Crippen LogP contribution in [-0.2, 0) is 6.42 Å². The van der Waals surface area contributed by atoms with E-state index < -0.39 is 0 Å². The van der Waals surface area contributed by atoms with Gasteiger partial charge in [-0.25, -0.2) is 0 Å². The fourth-order valence-electron chi connectivity index (χ4n) is 1.87. The highest BCUT2D eigenvalue weighted by molar-refractivity contribution is 5.85. The number of fused-ring (bicyclic) bond motifs is 1. The van der Waals surface area contributed by atoms with Gasteiger partial charge in [0.15, 0.2) is 0 Å². The number of rotatable bonds is 1. The van der Waals surface area contributed by atoms with Crippen LogP contribution in [0.5, 0.6) is 0 Å².